The molecule has 5 heteroatoms. The predicted octanol–water partition coefficient (Wildman–Crippen LogP) is 3.94. The number of unbranched alkanes of at least 4 members (excludes halogenated alkanes) is 1. The van der Waals surface area contributed by atoms with E-state index in [9.17, 15) is 4.79 Å². The van der Waals surface area contributed by atoms with Crippen molar-refractivity contribution in [2.45, 2.75) is 12.8 Å². The molecular weight excluding hydrogens is 360 g/mol. The van der Waals surface area contributed by atoms with Crippen LogP contribution in [0.15, 0.2) is 18.2 Å². The fourth-order valence-electron chi connectivity index (χ4n) is 1.21. The Morgan fingerprint density at radius 1 is 1.19 bits per heavy atom. The molecule has 88 valence electrons. The van der Waals surface area contributed by atoms with Crippen LogP contribution >= 0.6 is 45.8 Å². The normalized spacial score (nSPS) is 10.2. The van der Waals surface area contributed by atoms with Crippen molar-refractivity contribution in [3.8, 4) is 0 Å². The van der Waals surface area contributed by atoms with E-state index in [0.29, 0.717) is 22.2 Å². The molecule has 16 heavy (non-hydrogen) atoms. The smallest absolute Gasteiger partial charge is 0.251 e. The molecule has 0 aromatic heterocycles. The van der Waals surface area contributed by atoms with E-state index in [0.717, 1.165) is 17.3 Å². The summed E-state index contributed by atoms with van der Waals surface area (Å²) in [6, 6.07) is 4.83. The second-order valence-corrected chi connectivity index (χ2v) is 5.26. The molecule has 0 spiro atoms. The van der Waals surface area contributed by atoms with Crippen LogP contribution in [0, 0.1) is 0 Å². The number of carbonyl (C=O) groups is 1. The summed E-state index contributed by atoms with van der Waals surface area (Å²) in [6.07, 6.45) is 2.10. The first kappa shape index (κ1) is 14.1. The lowest BCUT2D eigenvalue weighted by Gasteiger charge is -2.05. The Bertz CT molecular complexity index is 351. The molecule has 0 aliphatic rings. The molecule has 0 atom stereocenters. The fourth-order valence-corrected chi connectivity index (χ4v) is 2.27. The maximum atomic E-state index is 11.7. The lowest BCUT2D eigenvalue weighted by Crippen LogP contribution is -2.24. The highest BCUT2D eigenvalue weighted by atomic mass is 127. The molecule has 0 aliphatic carbocycles. The molecule has 0 radical (unpaired) electrons. The highest BCUT2D eigenvalue weighted by Crippen LogP contribution is 2.18. The van der Waals surface area contributed by atoms with Gasteiger partial charge >= 0.3 is 0 Å². The molecule has 0 fully saturated rings. The Kier molecular flexibility index (Phi) is 6.46. The van der Waals surface area contributed by atoms with E-state index in [1.54, 1.807) is 18.2 Å². The lowest BCUT2D eigenvalue weighted by atomic mass is 10.2. The number of rotatable bonds is 5. The minimum absolute atomic E-state index is 0.127. The molecular formula is C11H12Cl2INO. The molecule has 0 unspecified atom stereocenters. The maximum Gasteiger partial charge on any atom is 0.251 e. The van der Waals surface area contributed by atoms with Gasteiger partial charge in [0.05, 0.1) is 0 Å². The summed E-state index contributed by atoms with van der Waals surface area (Å²) >= 11 is 13.9. The second kappa shape index (κ2) is 7.35. The minimum atomic E-state index is -0.127. The fraction of sp³-hybridized carbons (Fsp3) is 0.364. The Morgan fingerprint density at radius 2 is 1.81 bits per heavy atom. The standard InChI is InChI=1S/C11H12Cl2INO/c12-9-5-8(6-10(13)7-9)11(16)15-4-2-1-3-14/h5-7H,1-4H2,(H,15,16). The first-order valence-corrected chi connectivity index (χ1v) is 7.22. The molecule has 0 heterocycles. The summed E-state index contributed by atoms with van der Waals surface area (Å²) in [6.45, 7) is 0.686. The second-order valence-electron chi connectivity index (χ2n) is 3.31. The van der Waals surface area contributed by atoms with Gasteiger partial charge in [-0.05, 0) is 35.5 Å². The lowest BCUT2D eigenvalue weighted by molar-refractivity contribution is 0.0953. The number of amides is 1. The molecule has 0 saturated carbocycles. The monoisotopic (exact) mass is 371 g/mol. The number of alkyl halides is 1. The number of halogens is 3. The van der Waals surface area contributed by atoms with Crippen molar-refractivity contribution in [2.24, 2.45) is 0 Å². The molecule has 0 aliphatic heterocycles. The summed E-state index contributed by atoms with van der Waals surface area (Å²) in [5.74, 6) is -0.127. The maximum absolute atomic E-state index is 11.7. The number of hydrogen-bond donors (Lipinski definition) is 1. The molecule has 1 rings (SSSR count). The minimum Gasteiger partial charge on any atom is -0.352 e. The Labute approximate surface area is 119 Å². The molecule has 2 nitrogen and oxygen atoms in total. The van der Waals surface area contributed by atoms with E-state index in [-0.39, 0.29) is 5.91 Å². The third-order valence-corrected chi connectivity index (χ3v) is 3.17. The van der Waals surface area contributed by atoms with Gasteiger partial charge in [-0.1, -0.05) is 45.8 Å². The molecule has 1 amide bonds. The zero-order valence-corrected chi connectivity index (χ0v) is 12.3. The first-order chi connectivity index (χ1) is 7.63. The van der Waals surface area contributed by atoms with E-state index < -0.39 is 0 Å². The zero-order chi connectivity index (χ0) is 12.0. The van der Waals surface area contributed by atoms with Crippen molar-refractivity contribution in [3.63, 3.8) is 0 Å². The van der Waals surface area contributed by atoms with Crippen molar-refractivity contribution in [2.75, 3.05) is 11.0 Å². The Morgan fingerprint density at radius 3 is 2.38 bits per heavy atom. The van der Waals surface area contributed by atoms with E-state index in [4.69, 9.17) is 23.2 Å². The van der Waals surface area contributed by atoms with Crippen molar-refractivity contribution in [1.82, 2.24) is 5.32 Å². The van der Waals surface area contributed by atoms with Crippen LogP contribution in [0.25, 0.3) is 0 Å². The average Bonchev–Trinajstić information content (AvgIpc) is 2.22. The number of nitrogens with one attached hydrogen (secondary N) is 1. The summed E-state index contributed by atoms with van der Waals surface area (Å²) in [4.78, 5) is 11.7. The van der Waals surface area contributed by atoms with E-state index in [2.05, 4.69) is 27.9 Å². The van der Waals surface area contributed by atoms with Crippen LogP contribution in [0.1, 0.15) is 23.2 Å². The highest BCUT2D eigenvalue weighted by molar-refractivity contribution is 14.1. The average molecular weight is 372 g/mol. The van der Waals surface area contributed by atoms with Gasteiger partial charge in [0.1, 0.15) is 0 Å². The zero-order valence-electron chi connectivity index (χ0n) is 8.60. The quantitative estimate of drug-likeness (QED) is 0.474. The predicted molar refractivity (Wildman–Crippen MR) is 76.9 cm³/mol. The van der Waals surface area contributed by atoms with Gasteiger partial charge in [-0.15, -0.1) is 0 Å². The van der Waals surface area contributed by atoms with E-state index in [1.165, 1.54) is 0 Å². The van der Waals surface area contributed by atoms with Crippen molar-refractivity contribution in [3.05, 3.63) is 33.8 Å². The van der Waals surface area contributed by atoms with Gasteiger partial charge in [-0.3, -0.25) is 4.79 Å². The van der Waals surface area contributed by atoms with Crippen LogP contribution < -0.4 is 5.32 Å². The third kappa shape index (κ3) is 4.89. The Hall–Kier alpha value is -0.000000000000000111. The molecule has 0 saturated heterocycles. The number of hydrogen-bond acceptors (Lipinski definition) is 1. The topological polar surface area (TPSA) is 29.1 Å². The van der Waals surface area contributed by atoms with Gasteiger partial charge in [-0.2, -0.15) is 0 Å². The van der Waals surface area contributed by atoms with Gasteiger partial charge in [0.25, 0.3) is 5.91 Å². The summed E-state index contributed by atoms with van der Waals surface area (Å²) in [5, 5.41) is 3.78. The summed E-state index contributed by atoms with van der Waals surface area (Å²) in [7, 11) is 0. The van der Waals surface area contributed by atoms with Crippen molar-refractivity contribution < 1.29 is 4.79 Å². The van der Waals surface area contributed by atoms with Crippen LogP contribution in [0.3, 0.4) is 0 Å². The SMILES string of the molecule is O=C(NCCCCI)c1cc(Cl)cc(Cl)c1. The van der Waals surface area contributed by atoms with E-state index in [1.807, 2.05) is 0 Å². The van der Waals surface area contributed by atoms with Gasteiger partial charge in [0.15, 0.2) is 0 Å². The van der Waals surface area contributed by atoms with E-state index >= 15 is 0 Å². The first-order valence-electron chi connectivity index (χ1n) is 4.93. The molecule has 1 aromatic carbocycles. The third-order valence-electron chi connectivity index (χ3n) is 1.97. The van der Waals surface area contributed by atoms with Crippen LogP contribution in [-0.4, -0.2) is 16.9 Å². The van der Waals surface area contributed by atoms with Gasteiger partial charge in [0.2, 0.25) is 0 Å². The molecule has 0 bridgehead atoms. The summed E-state index contributed by atoms with van der Waals surface area (Å²) < 4.78 is 1.11. The summed E-state index contributed by atoms with van der Waals surface area (Å²) in [5.41, 5.74) is 0.506. The molecule has 1 N–H and O–H groups in total. The van der Waals surface area contributed by atoms with Crippen molar-refractivity contribution in [1.29, 1.82) is 0 Å². The van der Waals surface area contributed by atoms with Gasteiger partial charge in [-0.25, -0.2) is 0 Å². The highest BCUT2D eigenvalue weighted by Gasteiger charge is 2.06. The van der Waals surface area contributed by atoms with Crippen LogP contribution in [0.5, 0.6) is 0 Å². The molecule has 1 aromatic rings. The van der Waals surface area contributed by atoms with Crippen molar-refractivity contribution >= 4 is 51.7 Å². The number of benzene rings is 1. The van der Waals surface area contributed by atoms with Crippen LogP contribution in [-0.2, 0) is 0 Å². The van der Waals surface area contributed by atoms with Crippen LogP contribution in [0.2, 0.25) is 10.0 Å². The Balaban J connectivity index is 2.52. The van der Waals surface area contributed by atoms with Gasteiger partial charge < -0.3 is 5.32 Å². The van der Waals surface area contributed by atoms with Crippen LogP contribution in [0.4, 0.5) is 0 Å². The largest absolute Gasteiger partial charge is 0.352 e. The number of carbonyl (C=O) groups excluding carboxylic acids is 1. The van der Waals surface area contributed by atoms with Gasteiger partial charge in [0, 0.05) is 22.2 Å².